The van der Waals surface area contributed by atoms with E-state index < -0.39 is 0 Å². The highest BCUT2D eigenvalue weighted by Crippen LogP contribution is 2.63. The molecule has 0 aromatic heterocycles. The van der Waals surface area contributed by atoms with E-state index in [-0.39, 0.29) is 5.54 Å². The van der Waals surface area contributed by atoms with E-state index in [1.807, 2.05) is 0 Å². The largest absolute Gasteiger partial charge is 0.469 e. The zero-order valence-corrected chi connectivity index (χ0v) is 12.1. The SMILES string of the molecule is C[C@H]1CSC(=N[C@@]2(C)[C@@H]3CC[C@@H](C3)C2(C)C)O1. The summed E-state index contributed by atoms with van der Waals surface area (Å²) < 4.78 is 5.80. The second-order valence-corrected chi connectivity index (χ2v) is 7.66. The molecular weight excluding hydrogens is 230 g/mol. The Balaban J connectivity index is 1.91. The molecule has 2 saturated carbocycles. The predicted octanol–water partition coefficient (Wildman–Crippen LogP) is 3.71. The fourth-order valence-corrected chi connectivity index (χ4v) is 4.93. The van der Waals surface area contributed by atoms with E-state index in [0.717, 1.165) is 22.8 Å². The number of nitrogens with zero attached hydrogens (tertiary/aromatic N) is 1. The minimum atomic E-state index is 0.0995. The van der Waals surface area contributed by atoms with E-state index in [4.69, 9.17) is 9.73 Å². The van der Waals surface area contributed by atoms with Crippen molar-refractivity contribution in [2.45, 2.75) is 58.6 Å². The van der Waals surface area contributed by atoms with Crippen LogP contribution >= 0.6 is 11.8 Å². The van der Waals surface area contributed by atoms with Gasteiger partial charge in [-0.15, -0.1) is 0 Å². The first-order chi connectivity index (χ1) is 7.93. The van der Waals surface area contributed by atoms with Gasteiger partial charge in [-0.2, -0.15) is 0 Å². The molecule has 3 heteroatoms. The molecule has 3 fully saturated rings. The Morgan fingerprint density at radius 1 is 1.24 bits per heavy atom. The second-order valence-electron chi connectivity index (χ2n) is 6.69. The monoisotopic (exact) mass is 253 g/mol. The van der Waals surface area contributed by atoms with Gasteiger partial charge in [0.2, 0.25) is 5.23 Å². The van der Waals surface area contributed by atoms with Crippen molar-refractivity contribution in [3.8, 4) is 0 Å². The van der Waals surface area contributed by atoms with E-state index in [9.17, 15) is 0 Å². The molecule has 4 atom stereocenters. The highest BCUT2D eigenvalue weighted by Gasteiger charge is 2.60. The molecule has 2 aliphatic carbocycles. The van der Waals surface area contributed by atoms with Gasteiger partial charge in [0.1, 0.15) is 6.10 Å². The quantitative estimate of drug-likeness (QED) is 0.710. The van der Waals surface area contributed by atoms with Gasteiger partial charge >= 0.3 is 0 Å². The standard InChI is InChI=1S/C14H23NOS/c1-9-8-17-12(16-9)15-14(4)11-6-5-10(7-11)13(14,2)3/h9-11H,5-8H2,1-4H3/t9-,10-,11+,14-/m0/s1. The molecule has 17 heavy (non-hydrogen) atoms. The van der Waals surface area contributed by atoms with Gasteiger partial charge in [0.15, 0.2) is 0 Å². The first kappa shape index (κ1) is 11.9. The molecule has 0 aromatic rings. The fraction of sp³-hybridized carbons (Fsp3) is 0.929. The zero-order valence-electron chi connectivity index (χ0n) is 11.3. The van der Waals surface area contributed by atoms with Crippen molar-refractivity contribution in [2.75, 3.05) is 5.75 Å². The van der Waals surface area contributed by atoms with Crippen LogP contribution in [0, 0.1) is 17.3 Å². The minimum absolute atomic E-state index is 0.0995. The van der Waals surface area contributed by atoms with E-state index >= 15 is 0 Å². The van der Waals surface area contributed by atoms with Crippen molar-refractivity contribution >= 4 is 17.0 Å². The summed E-state index contributed by atoms with van der Waals surface area (Å²) in [6, 6.07) is 0. The van der Waals surface area contributed by atoms with Crippen LogP contribution in [0.2, 0.25) is 0 Å². The predicted molar refractivity (Wildman–Crippen MR) is 73.5 cm³/mol. The number of hydrogen-bond donors (Lipinski definition) is 0. The van der Waals surface area contributed by atoms with Crippen molar-refractivity contribution in [2.24, 2.45) is 22.2 Å². The van der Waals surface area contributed by atoms with Crippen LogP contribution < -0.4 is 0 Å². The summed E-state index contributed by atoms with van der Waals surface area (Å²) in [7, 11) is 0. The lowest BCUT2D eigenvalue weighted by Gasteiger charge is -2.44. The second kappa shape index (κ2) is 3.66. The molecule has 0 N–H and O–H groups in total. The number of thioether (sulfide) groups is 1. The summed E-state index contributed by atoms with van der Waals surface area (Å²) >= 11 is 1.79. The van der Waals surface area contributed by atoms with E-state index in [1.54, 1.807) is 11.8 Å². The van der Waals surface area contributed by atoms with Gasteiger partial charge in [0.25, 0.3) is 0 Å². The highest BCUT2D eigenvalue weighted by molar-refractivity contribution is 8.13. The molecule has 3 aliphatic rings. The first-order valence-electron chi connectivity index (χ1n) is 6.83. The van der Waals surface area contributed by atoms with Crippen LogP contribution in [0.25, 0.3) is 0 Å². The van der Waals surface area contributed by atoms with Crippen LogP contribution in [0.15, 0.2) is 4.99 Å². The van der Waals surface area contributed by atoms with Gasteiger partial charge in [-0.05, 0) is 50.4 Å². The Kier molecular flexibility index (Phi) is 2.56. The molecule has 3 rings (SSSR count). The molecule has 0 amide bonds. The minimum Gasteiger partial charge on any atom is -0.469 e. The smallest absolute Gasteiger partial charge is 0.246 e. The van der Waals surface area contributed by atoms with Gasteiger partial charge in [-0.25, -0.2) is 4.99 Å². The summed E-state index contributed by atoms with van der Waals surface area (Å²) in [5.41, 5.74) is 0.432. The van der Waals surface area contributed by atoms with Crippen molar-refractivity contribution in [1.29, 1.82) is 0 Å². The van der Waals surface area contributed by atoms with Crippen molar-refractivity contribution in [3.05, 3.63) is 0 Å². The lowest BCUT2D eigenvalue weighted by Crippen LogP contribution is -2.45. The molecular formula is C14H23NOS. The summed E-state index contributed by atoms with van der Waals surface area (Å²) in [5.74, 6) is 2.70. The number of fused-ring (bicyclic) bond motifs is 2. The number of rotatable bonds is 1. The molecule has 1 aliphatic heterocycles. The number of ether oxygens (including phenoxy) is 1. The van der Waals surface area contributed by atoms with Gasteiger partial charge in [0, 0.05) is 5.75 Å². The van der Waals surface area contributed by atoms with E-state index in [0.29, 0.717) is 11.5 Å². The van der Waals surface area contributed by atoms with Crippen molar-refractivity contribution < 1.29 is 4.74 Å². The van der Waals surface area contributed by atoms with Crippen LogP contribution in [0.4, 0.5) is 0 Å². The maximum absolute atomic E-state index is 5.80. The van der Waals surface area contributed by atoms with Gasteiger partial charge in [0.05, 0.1) is 5.54 Å². The summed E-state index contributed by atoms with van der Waals surface area (Å²) in [5, 5.41) is 0.945. The third-order valence-electron chi connectivity index (χ3n) is 5.62. The number of aliphatic imine (C=N–C) groups is 1. The number of hydrogen-bond acceptors (Lipinski definition) is 3. The van der Waals surface area contributed by atoms with E-state index in [1.165, 1.54) is 19.3 Å². The van der Waals surface area contributed by atoms with Crippen LogP contribution in [-0.2, 0) is 4.74 Å². The van der Waals surface area contributed by atoms with Crippen LogP contribution in [0.1, 0.15) is 47.0 Å². The third kappa shape index (κ3) is 1.57. The Bertz CT molecular complexity index is 365. The van der Waals surface area contributed by atoms with Gasteiger partial charge in [-0.3, -0.25) is 0 Å². The molecule has 1 heterocycles. The normalized spacial score (nSPS) is 49.9. The molecule has 0 unspecified atom stereocenters. The van der Waals surface area contributed by atoms with Crippen LogP contribution in [-0.4, -0.2) is 22.6 Å². The molecule has 0 radical (unpaired) electrons. The van der Waals surface area contributed by atoms with Gasteiger partial charge < -0.3 is 4.74 Å². The zero-order chi connectivity index (χ0) is 12.3. The Morgan fingerprint density at radius 2 is 1.94 bits per heavy atom. The Morgan fingerprint density at radius 3 is 2.47 bits per heavy atom. The van der Waals surface area contributed by atoms with Crippen molar-refractivity contribution in [3.63, 3.8) is 0 Å². The third-order valence-corrected chi connectivity index (χ3v) is 6.69. The molecule has 0 spiro atoms. The summed E-state index contributed by atoms with van der Waals surface area (Å²) in [6.07, 6.45) is 4.48. The average molecular weight is 253 g/mol. The molecule has 2 nitrogen and oxygen atoms in total. The summed E-state index contributed by atoms with van der Waals surface area (Å²) in [6.45, 7) is 9.30. The van der Waals surface area contributed by atoms with Crippen LogP contribution in [0.5, 0.6) is 0 Å². The lowest BCUT2D eigenvalue weighted by molar-refractivity contribution is 0.100. The topological polar surface area (TPSA) is 21.6 Å². The highest BCUT2D eigenvalue weighted by atomic mass is 32.2. The van der Waals surface area contributed by atoms with Crippen molar-refractivity contribution in [1.82, 2.24) is 0 Å². The first-order valence-corrected chi connectivity index (χ1v) is 7.81. The Hall–Kier alpha value is -0.180. The molecule has 96 valence electrons. The fourth-order valence-electron chi connectivity index (χ4n) is 4.00. The Labute approximate surface area is 109 Å². The average Bonchev–Trinajstić information content (AvgIpc) is 2.88. The molecule has 1 saturated heterocycles. The molecule has 2 bridgehead atoms. The maximum atomic E-state index is 5.80. The van der Waals surface area contributed by atoms with E-state index in [2.05, 4.69) is 27.7 Å². The van der Waals surface area contributed by atoms with Crippen LogP contribution in [0.3, 0.4) is 0 Å². The van der Waals surface area contributed by atoms with Gasteiger partial charge in [-0.1, -0.05) is 25.6 Å². The molecule has 0 aromatic carbocycles. The summed E-state index contributed by atoms with van der Waals surface area (Å²) in [4.78, 5) is 5.05. The maximum Gasteiger partial charge on any atom is 0.246 e. The lowest BCUT2D eigenvalue weighted by atomic mass is 9.64.